The Balaban J connectivity index is 0.972. The molecule has 9 aromatic carbocycles. The molecule has 0 atom stereocenters. The van der Waals surface area contributed by atoms with Gasteiger partial charge < -0.3 is 8.83 Å². The molecular formula is C56H34N2O2. The van der Waals surface area contributed by atoms with Crippen molar-refractivity contribution in [1.29, 1.82) is 0 Å². The van der Waals surface area contributed by atoms with Crippen molar-refractivity contribution in [3.8, 4) is 67.3 Å². The molecule has 0 N–H and O–H groups in total. The fourth-order valence-electron chi connectivity index (χ4n) is 8.84. The minimum Gasteiger partial charge on any atom is -0.455 e. The topological polar surface area (TPSA) is 52.1 Å². The van der Waals surface area contributed by atoms with Gasteiger partial charge >= 0.3 is 0 Å². The van der Waals surface area contributed by atoms with Crippen LogP contribution in [-0.2, 0) is 0 Å². The highest BCUT2D eigenvalue weighted by atomic mass is 16.3. The smallest absolute Gasteiger partial charge is 0.160 e. The van der Waals surface area contributed by atoms with E-state index in [1.165, 1.54) is 0 Å². The van der Waals surface area contributed by atoms with Gasteiger partial charge in [-0.3, -0.25) is 0 Å². The third-order valence-electron chi connectivity index (χ3n) is 11.7. The van der Waals surface area contributed by atoms with Crippen molar-refractivity contribution in [2.75, 3.05) is 0 Å². The number of para-hydroxylation sites is 2. The van der Waals surface area contributed by atoms with Gasteiger partial charge in [-0.25, -0.2) is 9.97 Å². The van der Waals surface area contributed by atoms with E-state index in [2.05, 4.69) is 158 Å². The molecule has 0 unspecified atom stereocenters. The molecule has 0 aliphatic heterocycles. The predicted octanol–water partition coefficient (Wildman–Crippen LogP) is 15.4. The Hall–Kier alpha value is -8.08. The van der Waals surface area contributed by atoms with Crippen molar-refractivity contribution in [3.63, 3.8) is 0 Å². The first-order valence-corrected chi connectivity index (χ1v) is 20.2. The van der Waals surface area contributed by atoms with Crippen LogP contribution in [0.2, 0.25) is 0 Å². The maximum Gasteiger partial charge on any atom is 0.160 e. The molecule has 12 rings (SSSR count). The fraction of sp³-hybridized carbons (Fsp3) is 0. The predicted molar refractivity (Wildman–Crippen MR) is 247 cm³/mol. The summed E-state index contributed by atoms with van der Waals surface area (Å²) >= 11 is 0. The summed E-state index contributed by atoms with van der Waals surface area (Å²) in [4.78, 5) is 10.0. The van der Waals surface area contributed by atoms with Crippen LogP contribution in [0, 0.1) is 0 Å². The number of benzene rings is 9. The molecule has 0 radical (unpaired) electrons. The molecule has 0 aliphatic carbocycles. The standard InChI is InChI=1S/C56H34N2O2/c1-3-14-36(15-4-1)49-34-50(58-56(57-49)38-16-5-2-6-17-38)37-30-28-35(29-31-37)39-18-11-19-40(32-39)47-33-48-53-43(23-13-27-52(53)60-55(48)44-22-8-7-20-41(44)47)46-25-12-24-45-42-21-9-10-26-51(42)59-54(45)46/h1-34H. The Morgan fingerprint density at radius 2 is 0.817 bits per heavy atom. The number of hydrogen-bond donors (Lipinski definition) is 0. The molecule has 0 aliphatic rings. The second kappa shape index (κ2) is 13.8. The van der Waals surface area contributed by atoms with E-state index in [0.29, 0.717) is 5.82 Å². The summed E-state index contributed by atoms with van der Waals surface area (Å²) in [5, 5.41) is 6.60. The Morgan fingerprint density at radius 1 is 0.283 bits per heavy atom. The van der Waals surface area contributed by atoms with Crippen LogP contribution >= 0.6 is 0 Å². The van der Waals surface area contributed by atoms with Crippen molar-refractivity contribution in [2.24, 2.45) is 0 Å². The van der Waals surface area contributed by atoms with E-state index < -0.39 is 0 Å². The zero-order chi connectivity index (χ0) is 39.6. The van der Waals surface area contributed by atoms with Gasteiger partial charge in [0.1, 0.15) is 22.3 Å². The van der Waals surface area contributed by atoms with E-state index in [4.69, 9.17) is 18.8 Å². The second-order valence-corrected chi connectivity index (χ2v) is 15.3. The van der Waals surface area contributed by atoms with Gasteiger partial charge in [-0.2, -0.15) is 0 Å². The maximum atomic E-state index is 6.76. The molecule has 3 aromatic heterocycles. The molecule has 0 saturated carbocycles. The molecule has 0 amide bonds. The highest BCUT2D eigenvalue weighted by Crippen LogP contribution is 2.45. The van der Waals surface area contributed by atoms with Crippen molar-refractivity contribution >= 4 is 54.6 Å². The van der Waals surface area contributed by atoms with E-state index in [9.17, 15) is 0 Å². The Bertz CT molecular complexity index is 3530. The number of fused-ring (bicyclic) bond motifs is 8. The van der Waals surface area contributed by atoms with Crippen molar-refractivity contribution in [2.45, 2.75) is 0 Å². The fourth-order valence-corrected chi connectivity index (χ4v) is 8.84. The normalized spacial score (nSPS) is 11.7. The van der Waals surface area contributed by atoms with E-state index in [1.807, 2.05) is 48.5 Å². The van der Waals surface area contributed by atoms with Crippen molar-refractivity contribution in [1.82, 2.24) is 9.97 Å². The highest BCUT2D eigenvalue weighted by Gasteiger charge is 2.20. The van der Waals surface area contributed by atoms with Gasteiger partial charge in [0.2, 0.25) is 0 Å². The maximum absolute atomic E-state index is 6.76. The quantitative estimate of drug-likeness (QED) is 0.169. The largest absolute Gasteiger partial charge is 0.455 e. The summed E-state index contributed by atoms with van der Waals surface area (Å²) in [6.07, 6.45) is 0. The van der Waals surface area contributed by atoms with Gasteiger partial charge in [0.15, 0.2) is 5.82 Å². The Labute approximate surface area is 345 Å². The molecule has 60 heavy (non-hydrogen) atoms. The zero-order valence-corrected chi connectivity index (χ0v) is 32.3. The lowest BCUT2D eigenvalue weighted by atomic mass is 9.91. The van der Waals surface area contributed by atoms with Gasteiger partial charge in [-0.15, -0.1) is 0 Å². The molecule has 4 nitrogen and oxygen atoms in total. The van der Waals surface area contributed by atoms with Crippen LogP contribution in [0.15, 0.2) is 215 Å². The molecule has 3 heterocycles. The third-order valence-corrected chi connectivity index (χ3v) is 11.7. The summed E-state index contributed by atoms with van der Waals surface area (Å²) in [5.41, 5.74) is 15.0. The number of furan rings is 2. The molecule has 0 saturated heterocycles. The van der Waals surface area contributed by atoms with Gasteiger partial charge in [0.05, 0.1) is 11.4 Å². The Kier molecular flexibility index (Phi) is 7.82. The van der Waals surface area contributed by atoms with Gasteiger partial charge in [-0.1, -0.05) is 176 Å². The van der Waals surface area contributed by atoms with E-state index in [1.54, 1.807) is 0 Å². The lowest BCUT2D eigenvalue weighted by Crippen LogP contribution is -1.95. The monoisotopic (exact) mass is 766 g/mol. The SMILES string of the molecule is c1ccc(-c2cc(-c3ccc(-c4cccc(-c5cc6c(oc7cccc(-c8cccc9c8oc8ccccc89)c76)c6ccccc56)c4)cc3)nc(-c3ccccc3)n2)cc1. The number of nitrogens with zero attached hydrogens (tertiary/aromatic N) is 2. The van der Waals surface area contributed by atoms with E-state index in [-0.39, 0.29) is 0 Å². The first kappa shape index (κ1) is 34.0. The summed E-state index contributed by atoms with van der Waals surface area (Å²) in [7, 11) is 0. The van der Waals surface area contributed by atoms with Crippen LogP contribution in [0.1, 0.15) is 0 Å². The highest BCUT2D eigenvalue weighted by molar-refractivity contribution is 6.23. The van der Waals surface area contributed by atoms with Crippen LogP contribution in [0.5, 0.6) is 0 Å². The van der Waals surface area contributed by atoms with E-state index >= 15 is 0 Å². The summed E-state index contributed by atoms with van der Waals surface area (Å²) < 4.78 is 13.3. The lowest BCUT2D eigenvalue weighted by molar-refractivity contribution is 0.670. The average molecular weight is 767 g/mol. The van der Waals surface area contributed by atoms with Gasteiger partial charge in [0, 0.05) is 49.2 Å². The third kappa shape index (κ3) is 5.61. The minimum absolute atomic E-state index is 0.706. The van der Waals surface area contributed by atoms with Crippen LogP contribution < -0.4 is 0 Å². The Morgan fingerprint density at radius 3 is 1.62 bits per heavy atom. The second-order valence-electron chi connectivity index (χ2n) is 15.3. The van der Waals surface area contributed by atoms with Crippen LogP contribution in [0.25, 0.3) is 122 Å². The first-order chi connectivity index (χ1) is 29.7. The number of rotatable bonds is 6. The molecule has 0 bridgehead atoms. The molecule has 280 valence electrons. The van der Waals surface area contributed by atoms with Crippen molar-refractivity contribution in [3.05, 3.63) is 206 Å². The summed E-state index contributed by atoms with van der Waals surface area (Å²) in [6, 6.07) is 72.0. The lowest BCUT2D eigenvalue weighted by Gasteiger charge is -2.12. The molecular weight excluding hydrogens is 733 g/mol. The van der Waals surface area contributed by atoms with Crippen LogP contribution in [-0.4, -0.2) is 9.97 Å². The number of aromatic nitrogens is 2. The van der Waals surface area contributed by atoms with E-state index in [0.717, 1.165) is 116 Å². The molecule has 12 aromatic rings. The zero-order valence-electron chi connectivity index (χ0n) is 32.3. The average Bonchev–Trinajstić information content (AvgIpc) is 3.91. The summed E-state index contributed by atoms with van der Waals surface area (Å²) in [6.45, 7) is 0. The van der Waals surface area contributed by atoms with Gasteiger partial charge in [0.25, 0.3) is 0 Å². The molecule has 4 heteroatoms. The van der Waals surface area contributed by atoms with Crippen LogP contribution in [0.3, 0.4) is 0 Å². The van der Waals surface area contributed by atoms with Crippen molar-refractivity contribution < 1.29 is 8.83 Å². The minimum atomic E-state index is 0.706. The van der Waals surface area contributed by atoms with Gasteiger partial charge in [-0.05, 0) is 63.5 Å². The van der Waals surface area contributed by atoms with Crippen LogP contribution in [0.4, 0.5) is 0 Å². The molecule has 0 spiro atoms. The summed E-state index contributed by atoms with van der Waals surface area (Å²) in [5.74, 6) is 0.706. The number of hydrogen-bond acceptors (Lipinski definition) is 4. The first-order valence-electron chi connectivity index (χ1n) is 20.2. The molecule has 0 fully saturated rings.